The summed E-state index contributed by atoms with van der Waals surface area (Å²) in [6, 6.07) is 8.04. The molecule has 1 heterocycles. The predicted octanol–water partition coefficient (Wildman–Crippen LogP) is 0.921. The fraction of sp³-hybridized carbons (Fsp3) is 0.222. The fourth-order valence-electron chi connectivity index (χ4n) is 1.38. The number of fused-ring (bicyclic) bond motifs is 1. The minimum Gasteiger partial charge on any atom is -0.253 e. The highest BCUT2D eigenvalue weighted by Crippen LogP contribution is 2.16. The van der Waals surface area contributed by atoms with Gasteiger partial charge in [0.2, 0.25) is 0 Å². The van der Waals surface area contributed by atoms with Gasteiger partial charge >= 0.3 is 0 Å². The summed E-state index contributed by atoms with van der Waals surface area (Å²) in [5.74, 6) is 4.20. The van der Waals surface area contributed by atoms with Crippen molar-refractivity contribution in [2.24, 2.45) is 0 Å². The van der Waals surface area contributed by atoms with Crippen LogP contribution < -0.4 is 4.72 Å². The molecule has 0 bridgehead atoms. The molecule has 1 aliphatic rings. The standard InChI is InChI=1S/C9H11NOS/c1-12(11)7-9-5-3-2-4-8(9)6-10-12/h2-5H,1,6-7H2,(H,10,11). The van der Waals surface area contributed by atoms with Crippen molar-refractivity contribution in [1.82, 2.24) is 4.72 Å². The molecule has 1 atom stereocenters. The molecule has 0 spiro atoms. The molecule has 2 nitrogen and oxygen atoms in total. The van der Waals surface area contributed by atoms with E-state index in [-0.39, 0.29) is 0 Å². The van der Waals surface area contributed by atoms with Crippen LogP contribution in [0.2, 0.25) is 0 Å². The van der Waals surface area contributed by atoms with Crippen molar-refractivity contribution >= 4 is 15.6 Å². The van der Waals surface area contributed by atoms with Crippen LogP contribution in [-0.4, -0.2) is 10.1 Å². The molecule has 0 saturated heterocycles. The summed E-state index contributed by atoms with van der Waals surface area (Å²) in [6.07, 6.45) is 0. The molecule has 12 heavy (non-hydrogen) atoms. The molecule has 0 fully saturated rings. The highest BCUT2D eigenvalue weighted by Gasteiger charge is 2.14. The monoisotopic (exact) mass is 181 g/mol. The number of benzene rings is 1. The summed E-state index contributed by atoms with van der Waals surface area (Å²) in [7, 11) is -2.05. The molecule has 0 radical (unpaired) electrons. The van der Waals surface area contributed by atoms with Crippen LogP contribution in [0.5, 0.6) is 0 Å². The molecular weight excluding hydrogens is 170 g/mol. The van der Waals surface area contributed by atoms with E-state index in [1.165, 1.54) is 5.56 Å². The van der Waals surface area contributed by atoms with E-state index in [9.17, 15) is 4.21 Å². The lowest BCUT2D eigenvalue weighted by Gasteiger charge is -2.20. The molecule has 1 aromatic carbocycles. The van der Waals surface area contributed by atoms with E-state index >= 15 is 0 Å². The predicted molar refractivity (Wildman–Crippen MR) is 52.2 cm³/mol. The lowest BCUT2D eigenvalue weighted by Crippen LogP contribution is -2.29. The summed E-state index contributed by atoms with van der Waals surface area (Å²) in [4.78, 5) is 0. The van der Waals surface area contributed by atoms with Crippen molar-refractivity contribution in [2.45, 2.75) is 12.3 Å². The first kappa shape index (κ1) is 7.83. The Morgan fingerprint density at radius 3 is 2.75 bits per heavy atom. The largest absolute Gasteiger partial charge is 0.253 e. The Kier molecular flexibility index (Phi) is 1.70. The topological polar surface area (TPSA) is 29.1 Å². The minimum absolute atomic E-state index is 0.559. The Hall–Kier alpha value is -0.800. The number of rotatable bonds is 0. The zero-order chi connectivity index (χ0) is 8.60. The van der Waals surface area contributed by atoms with Crippen molar-refractivity contribution in [3.63, 3.8) is 0 Å². The van der Waals surface area contributed by atoms with E-state index in [0.29, 0.717) is 12.3 Å². The molecule has 2 rings (SSSR count). The first-order chi connectivity index (χ1) is 5.67. The smallest absolute Gasteiger partial charge is 0.0543 e. The van der Waals surface area contributed by atoms with Crippen LogP contribution in [0.3, 0.4) is 0 Å². The number of nitrogens with one attached hydrogen (secondary N) is 1. The van der Waals surface area contributed by atoms with Crippen molar-refractivity contribution < 1.29 is 4.21 Å². The van der Waals surface area contributed by atoms with Gasteiger partial charge in [0.25, 0.3) is 0 Å². The van der Waals surface area contributed by atoms with Gasteiger partial charge in [0.05, 0.1) is 5.75 Å². The van der Waals surface area contributed by atoms with E-state index in [4.69, 9.17) is 0 Å². The van der Waals surface area contributed by atoms with Crippen LogP contribution in [0.4, 0.5) is 0 Å². The first-order valence-electron chi connectivity index (χ1n) is 3.84. The third-order valence-electron chi connectivity index (χ3n) is 2.03. The molecular formula is C9H11NOS. The van der Waals surface area contributed by atoms with Gasteiger partial charge in [0, 0.05) is 16.3 Å². The lowest BCUT2D eigenvalue weighted by atomic mass is 10.1. The number of hydrogen-bond donors (Lipinski definition) is 1. The maximum Gasteiger partial charge on any atom is 0.0543 e. The van der Waals surface area contributed by atoms with Gasteiger partial charge in [0.15, 0.2) is 0 Å². The van der Waals surface area contributed by atoms with Gasteiger partial charge in [-0.15, -0.1) is 0 Å². The molecule has 1 aliphatic heterocycles. The van der Waals surface area contributed by atoms with Gasteiger partial charge in [-0.3, -0.25) is 4.21 Å². The quantitative estimate of drug-likeness (QED) is 0.592. The second-order valence-electron chi connectivity index (χ2n) is 3.05. The van der Waals surface area contributed by atoms with Gasteiger partial charge in [-0.05, 0) is 17.0 Å². The maximum absolute atomic E-state index is 11.5. The van der Waals surface area contributed by atoms with Crippen LogP contribution in [0.25, 0.3) is 0 Å². The Morgan fingerprint density at radius 2 is 2.00 bits per heavy atom. The minimum atomic E-state index is -2.05. The van der Waals surface area contributed by atoms with Crippen molar-refractivity contribution in [3.8, 4) is 0 Å². The summed E-state index contributed by atoms with van der Waals surface area (Å²) >= 11 is 0. The Labute approximate surface area is 72.8 Å². The fourth-order valence-corrected chi connectivity index (χ4v) is 2.69. The van der Waals surface area contributed by atoms with Gasteiger partial charge < -0.3 is 0 Å². The average Bonchev–Trinajstić information content (AvgIpc) is 2.02. The third-order valence-corrected chi connectivity index (χ3v) is 3.48. The molecule has 1 unspecified atom stereocenters. The van der Waals surface area contributed by atoms with Gasteiger partial charge in [-0.2, -0.15) is 0 Å². The molecule has 0 amide bonds. The summed E-state index contributed by atoms with van der Waals surface area (Å²) in [5.41, 5.74) is 2.40. The molecule has 0 saturated carbocycles. The van der Waals surface area contributed by atoms with E-state index in [2.05, 4.69) is 16.7 Å². The van der Waals surface area contributed by atoms with Crippen molar-refractivity contribution in [2.75, 3.05) is 0 Å². The zero-order valence-corrected chi connectivity index (χ0v) is 7.56. The van der Waals surface area contributed by atoms with Gasteiger partial charge in [-0.1, -0.05) is 24.3 Å². The summed E-state index contributed by atoms with van der Waals surface area (Å²) in [5, 5.41) is 0. The first-order valence-corrected chi connectivity index (χ1v) is 5.73. The lowest BCUT2D eigenvalue weighted by molar-refractivity contribution is 0.664. The highest BCUT2D eigenvalue weighted by atomic mass is 32.2. The molecule has 1 N–H and O–H groups in total. The second kappa shape index (κ2) is 2.61. The molecule has 0 aromatic heterocycles. The SMILES string of the molecule is C=S1(=O)Cc2ccccc2CN1. The molecule has 3 heteroatoms. The second-order valence-corrected chi connectivity index (χ2v) is 5.25. The zero-order valence-electron chi connectivity index (χ0n) is 6.75. The number of hydrogen-bond acceptors (Lipinski definition) is 1. The average molecular weight is 181 g/mol. The summed E-state index contributed by atoms with van der Waals surface area (Å²) in [6.45, 7) is 0.679. The Balaban J connectivity index is 2.48. The van der Waals surface area contributed by atoms with E-state index in [1.807, 2.05) is 18.2 Å². The van der Waals surface area contributed by atoms with E-state index in [0.717, 1.165) is 5.56 Å². The Bertz CT molecular complexity index is 395. The molecule has 0 aliphatic carbocycles. The van der Waals surface area contributed by atoms with Crippen molar-refractivity contribution in [3.05, 3.63) is 35.4 Å². The van der Waals surface area contributed by atoms with Crippen LogP contribution in [0, 0.1) is 0 Å². The third kappa shape index (κ3) is 1.38. The highest BCUT2D eigenvalue weighted by molar-refractivity contribution is 7.97. The van der Waals surface area contributed by atoms with Crippen LogP contribution in [0.15, 0.2) is 24.3 Å². The van der Waals surface area contributed by atoms with Gasteiger partial charge in [-0.25, -0.2) is 4.72 Å². The van der Waals surface area contributed by atoms with Crippen LogP contribution >= 0.6 is 0 Å². The van der Waals surface area contributed by atoms with Crippen LogP contribution in [0.1, 0.15) is 11.1 Å². The summed E-state index contributed by atoms with van der Waals surface area (Å²) < 4.78 is 14.5. The van der Waals surface area contributed by atoms with E-state index < -0.39 is 9.71 Å². The Morgan fingerprint density at radius 1 is 1.33 bits per heavy atom. The van der Waals surface area contributed by atoms with Crippen LogP contribution in [-0.2, 0) is 22.0 Å². The molecule has 1 aromatic rings. The van der Waals surface area contributed by atoms with E-state index in [1.54, 1.807) is 0 Å². The van der Waals surface area contributed by atoms with Gasteiger partial charge in [0.1, 0.15) is 0 Å². The normalized spacial score (nSPS) is 28.0. The van der Waals surface area contributed by atoms with Crippen molar-refractivity contribution in [1.29, 1.82) is 0 Å². The molecule has 64 valence electrons. The maximum atomic E-state index is 11.5.